The zero-order valence-corrected chi connectivity index (χ0v) is 14.8. The van der Waals surface area contributed by atoms with Gasteiger partial charge >= 0.3 is 0 Å². The van der Waals surface area contributed by atoms with E-state index in [4.69, 9.17) is 4.42 Å². The fourth-order valence-corrected chi connectivity index (χ4v) is 4.73. The summed E-state index contributed by atoms with van der Waals surface area (Å²) in [6, 6.07) is 1.61. The average Bonchev–Trinajstić information content (AvgIpc) is 2.81. The van der Waals surface area contributed by atoms with Crippen molar-refractivity contribution in [3.63, 3.8) is 0 Å². The van der Waals surface area contributed by atoms with E-state index < -0.39 is 10.0 Å². The van der Waals surface area contributed by atoms with Crippen LogP contribution in [0.5, 0.6) is 0 Å². The van der Waals surface area contributed by atoms with E-state index in [9.17, 15) is 8.42 Å². The molecule has 0 atom stereocenters. The molecular formula is C14H21BrN2O3S. The summed E-state index contributed by atoms with van der Waals surface area (Å²) in [5, 5.41) is 3.20. The minimum Gasteiger partial charge on any atom is -0.452 e. The maximum absolute atomic E-state index is 12.7. The number of nitrogens with one attached hydrogen (secondary N) is 1. The van der Waals surface area contributed by atoms with Crippen LogP contribution in [0.1, 0.15) is 32.4 Å². The quantitative estimate of drug-likeness (QED) is 0.612. The first-order valence-corrected chi connectivity index (χ1v) is 9.33. The van der Waals surface area contributed by atoms with Crippen LogP contribution in [0.4, 0.5) is 0 Å². The van der Waals surface area contributed by atoms with Crippen molar-refractivity contribution in [2.75, 3.05) is 19.6 Å². The van der Waals surface area contributed by atoms with E-state index in [0.29, 0.717) is 25.4 Å². The lowest BCUT2D eigenvalue weighted by atomic mass is 10.2. The Hall–Kier alpha value is -0.630. The van der Waals surface area contributed by atoms with Gasteiger partial charge in [0.05, 0.1) is 6.54 Å². The van der Waals surface area contributed by atoms with Gasteiger partial charge in [-0.25, -0.2) is 8.42 Å². The predicted molar refractivity (Wildman–Crippen MR) is 85.5 cm³/mol. The molecule has 21 heavy (non-hydrogen) atoms. The molecule has 0 bridgehead atoms. The van der Waals surface area contributed by atoms with Gasteiger partial charge in [0.2, 0.25) is 10.0 Å². The molecule has 0 saturated heterocycles. The summed E-state index contributed by atoms with van der Waals surface area (Å²) < 4.78 is 32.7. The highest BCUT2D eigenvalue weighted by atomic mass is 79.9. The first kappa shape index (κ1) is 16.7. The van der Waals surface area contributed by atoms with Gasteiger partial charge in [-0.1, -0.05) is 18.6 Å². The Bertz CT molecular complexity index is 622. The van der Waals surface area contributed by atoms with E-state index in [1.165, 1.54) is 4.31 Å². The third-order valence-electron chi connectivity index (χ3n) is 3.35. The van der Waals surface area contributed by atoms with Crippen LogP contribution in [0.25, 0.3) is 0 Å². The van der Waals surface area contributed by atoms with E-state index in [0.717, 1.165) is 25.0 Å². The zero-order valence-electron chi connectivity index (χ0n) is 12.4. The van der Waals surface area contributed by atoms with Crippen LogP contribution in [0.15, 0.2) is 31.7 Å². The molecule has 0 amide bonds. The minimum absolute atomic E-state index is 0.213. The van der Waals surface area contributed by atoms with Crippen LogP contribution < -0.4 is 5.32 Å². The highest BCUT2D eigenvalue weighted by Gasteiger charge is 2.30. The van der Waals surface area contributed by atoms with Gasteiger partial charge in [-0.15, -0.1) is 0 Å². The Kier molecular flexibility index (Phi) is 5.65. The average molecular weight is 377 g/mol. The molecule has 2 heterocycles. The van der Waals surface area contributed by atoms with Crippen molar-refractivity contribution >= 4 is 26.0 Å². The van der Waals surface area contributed by atoms with Gasteiger partial charge in [0, 0.05) is 19.2 Å². The molecule has 1 aromatic rings. The van der Waals surface area contributed by atoms with Crippen molar-refractivity contribution < 1.29 is 12.8 Å². The molecule has 0 spiro atoms. The van der Waals surface area contributed by atoms with Crippen molar-refractivity contribution in [2.24, 2.45) is 0 Å². The Labute approximate surface area is 134 Å². The number of hydrogen-bond donors (Lipinski definition) is 1. The summed E-state index contributed by atoms with van der Waals surface area (Å²) in [7, 11) is -3.51. The first-order valence-electron chi connectivity index (χ1n) is 7.10. The summed E-state index contributed by atoms with van der Waals surface area (Å²) in [6.45, 7) is 6.39. The first-order chi connectivity index (χ1) is 9.95. The minimum atomic E-state index is -3.51. The predicted octanol–water partition coefficient (Wildman–Crippen LogP) is 2.88. The van der Waals surface area contributed by atoms with Crippen LogP contribution in [0.3, 0.4) is 0 Å². The van der Waals surface area contributed by atoms with E-state index in [1.807, 2.05) is 6.92 Å². The lowest BCUT2D eigenvalue weighted by molar-refractivity contribution is 0.424. The van der Waals surface area contributed by atoms with Crippen LogP contribution >= 0.6 is 15.9 Å². The molecule has 0 unspecified atom stereocenters. The molecule has 5 nitrogen and oxygen atoms in total. The van der Waals surface area contributed by atoms with E-state index >= 15 is 0 Å². The molecule has 0 aromatic carbocycles. The summed E-state index contributed by atoms with van der Waals surface area (Å²) >= 11 is 3.23. The molecule has 0 fully saturated rings. The smallest absolute Gasteiger partial charge is 0.247 e. The molecule has 1 aliphatic heterocycles. The Morgan fingerprint density at radius 1 is 1.48 bits per heavy atom. The van der Waals surface area contributed by atoms with Crippen molar-refractivity contribution in [1.82, 2.24) is 9.62 Å². The van der Waals surface area contributed by atoms with Crippen LogP contribution in [-0.4, -0.2) is 32.4 Å². The lowest BCUT2D eigenvalue weighted by Gasteiger charge is -2.24. The molecular weight excluding hydrogens is 356 g/mol. The fraction of sp³-hybridized carbons (Fsp3) is 0.571. The standard InChI is InChI=1S/C14H21BrN2O3S/c1-3-6-16-9-12-8-13(14(15)20-12)21(18,19)17-7-4-5-11(2)10-17/h5,8,16H,3-4,6-7,9-10H2,1-2H3. The SMILES string of the molecule is CCCNCc1cc(S(=O)(=O)N2CCC=C(C)C2)c(Br)o1. The number of hydrogen-bond acceptors (Lipinski definition) is 4. The van der Waals surface area contributed by atoms with Crippen molar-refractivity contribution in [2.45, 2.75) is 38.1 Å². The lowest BCUT2D eigenvalue weighted by Crippen LogP contribution is -2.35. The molecule has 1 aliphatic rings. The highest BCUT2D eigenvalue weighted by molar-refractivity contribution is 9.10. The molecule has 0 aliphatic carbocycles. The topological polar surface area (TPSA) is 62.6 Å². The summed E-state index contributed by atoms with van der Waals surface area (Å²) in [5.74, 6) is 0.623. The number of sulfonamides is 1. The highest BCUT2D eigenvalue weighted by Crippen LogP contribution is 2.30. The van der Waals surface area contributed by atoms with Crippen molar-refractivity contribution in [3.8, 4) is 0 Å². The Morgan fingerprint density at radius 2 is 2.24 bits per heavy atom. The maximum Gasteiger partial charge on any atom is 0.247 e. The number of halogens is 1. The van der Waals surface area contributed by atoms with E-state index in [2.05, 4.69) is 34.2 Å². The fourth-order valence-electron chi connectivity index (χ4n) is 2.27. The van der Waals surface area contributed by atoms with Crippen LogP contribution in [0, 0.1) is 0 Å². The summed E-state index contributed by atoms with van der Waals surface area (Å²) in [6.07, 6.45) is 3.86. The largest absolute Gasteiger partial charge is 0.452 e. The molecule has 1 aromatic heterocycles. The molecule has 0 radical (unpaired) electrons. The van der Waals surface area contributed by atoms with E-state index in [1.54, 1.807) is 6.07 Å². The number of furan rings is 1. The Morgan fingerprint density at radius 3 is 2.90 bits per heavy atom. The molecule has 1 N–H and O–H groups in total. The van der Waals surface area contributed by atoms with Crippen molar-refractivity contribution in [1.29, 1.82) is 0 Å². The zero-order chi connectivity index (χ0) is 15.5. The van der Waals surface area contributed by atoms with Gasteiger partial charge in [-0.2, -0.15) is 4.31 Å². The van der Waals surface area contributed by atoms with Crippen LogP contribution in [-0.2, 0) is 16.6 Å². The van der Waals surface area contributed by atoms with Gasteiger partial charge in [0.1, 0.15) is 10.7 Å². The molecule has 118 valence electrons. The third kappa shape index (κ3) is 3.97. The molecule has 2 rings (SSSR count). The van der Waals surface area contributed by atoms with Gasteiger partial charge in [-0.05, 0) is 42.2 Å². The van der Waals surface area contributed by atoms with Crippen LogP contribution in [0.2, 0.25) is 0 Å². The van der Waals surface area contributed by atoms with Gasteiger partial charge < -0.3 is 9.73 Å². The Balaban J connectivity index is 2.18. The van der Waals surface area contributed by atoms with Gasteiger partial charge in [0.15, 0.2) is 4.67 Å². The molecule has 0 saturated carbocycles. The van der Waals surface area contributed by atoms with Gasteiger partial charge in [-0.3, -0.25) is 0 Å². The monoisotopic (exact) mass is 376 g/mol. The number of nitrogens with zero attached hydrogens (tertiary/aromatic N) is 1. The third-order valence-corrected chi connectivity index (χ3v) is 6.05. The number of rotatable bonds is 6. The molecule has 7 heteroatoms. The summed E-state index contributed by atoms with van der Waals surface area (Å²) in [4.78, 5) is 0.213. The summed E-state index contributed by atoms with van der Waals surface area (Å²) in [5.41, 5.74) is 1.08. The maximum atomic E-state index is 12.7. The second kappa shape index (κ2) is 7.09. The van der Waals surface area contributed by atoms with E-state index in [-0.39, 0.29) is 9.56 Å². The van der Waals surface area contributed by atoms with Crippen molar-refractivity contribution in [3.05, 3.63) is 28.1 Å². The normalized spacial score (nSPS) is 17.0. The van der Waals surface area contributed by atoms with Gasteiger partial charge in [0.25, 0.3) is 0 Å². The second-order valence-corrected chi connectivity index (χ2v) is 7.83. The second-order valence-electron chi connectivity index (χ2n) is 5.21.